The zero-order chi connectivity index (χ0) is 20.2. The molecular formula is C18H24BrF3O4. The van der Waals surface area contributed by atoms with Gasteiger partial charge < -0.3 is 14.6 Å². The van der Waals surface area contributed by atoms with Crippen molar-refractivity contribution in [2.24, 2.45) is 0 Å². The third-order valence-corrected chi connectivity index (χ3v) is 4.80. The van der Waals surface area contributed by atoms with Crippen LogP contribution in [0.4, 0.5) is 13.2 Å². The second-order valence-electron chi connectivity index (χ2n) is 6.89. The number of aliphatic hydroxyl groups is 1. The summed E-state index contributed by atoms with van der Waals surface area (Å²) in [5.41, 5.74) is -2.78. The normalized spacial score (nSPS) is 14.8. The third kappa shape index (κ3) is 5.69. The SMILES string of the molecule is COCCc1ccc(Br)cc1C(C)(C)C[C@@](O)(CC(=O)OC)C(F)(F)F. The fourth-order valence-electron chi connectivity index (χ4n) is 3.01. The third-order valence-electron chi connectivity index (χ3n) is 4.30. The van der Waals surface area contributed by atoms with Gasteiger partial charge in [0.05, 0.1) is 20.1 Å². The van der Waals surface area contributed by atoms with Crippen LogP contribution in [0.5, 0.6) is 0 Å². The van der Waals surface area contributed by atoms with Crippen molar-refractivity contribution in [3.8, 4) is 0 Å². The Morgan fingerprint density at radius 2 is 1.85 bits per heavy atom. The Morgan fingerprint density at radius 1 is 1.23 bits per heavy atom. The molecule has 0 aliphatic carbocycles. The second kappa shape index (κ2) is 8.71. The first-order valence-corrected chi connectivity index (χ1v) is 8.79. The molecule has 1 aromatic carbocycles. The van der Waals surface area contributed by atoms with Crippen LogP contribution >= 0.6 is 15.9 Å². The molecule has 148 valence electrons. The van der Waals surface area contributed by atoms with Crippen LogP contribution in [0.1, 0.15) is 37.8 Å². The molecule has 0 aliphatic rings. The van der Waals surface area contributed by atoms with Gasteiger partial charge in [0, 0.05) is 11.6 Å². The minimum Gasteiger partial charge on any atom is -0.469 e. The van der Waals surface area contributed by atoms with E-state index in [2.05, 4.69) is 20.7 Å². The van der Waals surface area contributed by atoms with E-state index in [1.165, 1.54) is 0 Å². The fraction of sp³-hybridized carbons (Fsp3) is 0.611. The van der Waals surface area contributed by atoms with Crippen molar-refractivity contribution in [2.45, 2.75) is 50.3 Å². The lowest BCUT2D eigenvalue weighted by Gasteiger charge is -2.38. The Kier molecular flexibility index (Phi) is 7.68. The Morgan fingerprint density at radius 3 is 2.35 bits per heavy atom. The number of esters is 1. The molecule has 0 aromatic heterocycles. The molecule has 8 heteroatoms. The van der Waals surface area contributed by atoms with Crippen LogP contribution in [0.25, 0.3) is 0 Å². The number of hydrogen-bond acceptors (Lipinski definition) is 4. The lowest BCUT2D eigenvalue weighted by molar-refractivity contribution is -0.269. The number of rotatable bonds is 8. The van der Waals surface area contributed by atoms with Gasteiger partial charge in [-0.05, 0) is 41.5 Å². The average Bonchev–Trinajstić information content (AvgIpc) is 2.51. The van der Waals surface area contributed by atoms with E-state index in [1.807, 2.05) is 6.07 Å². The molecule has 0 bridgehead atoms. The zero-order valence-electron chi connectivity index (χ0n) is 15.2. The molecule has 1 N–H and O–H groups in total. The smallest absolute Gasteiger partial charge is 0.417 e. The molecule has 1 rings (SSSR count). The van der Waals surface area contributed by atoms with Gasteiger partial charge in [-0.25, -0.2) is 0 Å². The average molecular weight is 441 g/mol. The van der Waals surface area contributed by atoms with Crippen LogP contribution in [0, 0.1) is 0 Å². The number of ether oxygens (including phenoxy) is 2. The minimum atomic E-state index is -4.98. The van der Waals surface area contributed by atoms with Gasteiger partial charge in [0.15, 0.2) is 5.60 Å². The molecule has 0 heterocycles. The highest BCUT2D eigenvalue weighted by Crippen LogP contribution is 2.44. The molecule has 4 nitrogen and oxygen atoms in total. The van der Waals surface area contributed by atoms with Crippen molar-refractivity contribution in [2.75, 3.05) is 20.8 Å². The van der Waals surface area contributed by atoms with Gasteiger partial charge in [0.1, 0.15) is 0 Å². The molecule has 26 heavy (non-hydrogen) atoms. The standard InChI is InChI=1S/C18H24BrF3O4/c1-16(2,11-17(24,18(20,21)22)10-15(23)26-4)14-9-13(19)6-5-12(14)7-8-25-3/h5-6,9,24H,7-8,10-11H2,1-4H3/t17-/m0/s1. The molecule has 0 spiro atoms. The summed E-state index contributed by atoms with van der Waals surface area (Å²) < 4.78 is 50.7. The van der Waals surface area contributed by atoms with Crippen LogP contribution in [0.3, 0.4) is 0 Å². The number of benzene rings is 1. The van der Waals surface area contributed by atoms with E-state index in [9.17, 15) is 23.1 Å². The maximum Gasteiger partial charge on any atom is 0.417 e. The van der Waals surface area contributed by atoms with E-state index in [-0.39, 0.29) is 0 Å². The first kappa shape index (κ1) is 22.9. The number of hydrogen-bond donors (Lipinski definition) is 1. The topological polar surface area (TPSA) is 55.8 Å². The van der Waals surface area contributed by atoms with Gasteiger partial charge in [-0.2, -0.15) is 13.2 Å². The van der Waals surface area contributed by atoms with Gasteiger partial charge in [-0.3, -0.25) is 4.79 Å². The molecular weight excluding hydrogens is 417 g/mol. The van der Waals surface area contributed by atoms with Gasteiger partial charge in [0.2, 0.25) is 0 Å². The summed E-state index contributed by atoms with van der Waals surface area (Å²) >= 11 is 3.34. The summed E-state index contributed by atoms with van der Waals surface area (Å²) in [6.07, 6.45) is -6.30. The molecule has 0 amide bonds. The second-order valence-corrected chi connectivity index (χ2v) is 7.80. The van der Waals surface area contributed by atoms with Crippen molar-refractivity contribution in [3.05, 3.63) is 33.8 Å². The molecule has 0 unspecified atom stereocenters. The molecule has 0 saturated carbocycles. The van der Waals surface area contributed by atoms with Gasteiger partial charge >= 0.3 is 12.1 Å². The van der Waals surface area contributed by atoms with Gasteiger partial charge in [0.25, 0.3) is 0 Å². The van der Waals surface area contributed by atoms with E-state index in [0.29, 0.717) is 23.1 Å². The number of carbonyl (C=O) groups is 1. The van der Waals surface area contributed by atoms with E-state index >= 15 is 0 Å². The summed E-state index contributed by atoms with van der Waals surface area (Å²) in [7, 11) is 2.53. The zero-order valence-corrected chi connectivity index (χ0v) is 16.8. The highest BCUT2D eigenvalue weighted by Gasteiger charge is 2.57. The van der Waals surface area contributed by atoms with Crippen LogP contribution in [0.2, 0.25) is 0 Å². The number of carbonyl (C=O) groups excluding carboxylic acids is 1. The van der Waals surface area contributed by atoms with Crippen LogP contribution in [0.15, 0.2) is 22.7 Å². The predicted molar refractivity (Wildman–Crippen MR) is 95.0 cm³/mol. The van der Waals surface area contributed by atoms with Crippen molar-refractivity contribution in [1.82, 2.24) is 0 Å². The molecule has 1 aromatic rings. The Balaban J connectivity index is 3.30. The highest BCUT2D eigenvalue weighted by molar-refractivity contribution is 9.10. The first-order chi connectivity index (χ1) is 11.9. The Bertz CT molecular complexity index is 631. The lowest BCUT2D eigenvalue weighted by Crippen LogP contribution is -2.50. The van der Waals surface area contributed by atoms with E-state index in [0.717, 1.165) is 12.7 Å². The molecule has 0 radical (unpaired) electrons. The lowest BCUT2D eigenvalue weighted by atomic mass is 9.72. The van der Waals surface area contributed by atoms with Gasteiger partial charge in [-0.1, -0.05) is 35.8 Å². The van der Waals surface area contributed by atoms with Gasteiger partial charge in [-0.15, -0.1) is 0 Å². The van der Waals surface area contributed by atoms with Crippen molar-refractivity contribution < 1.29 is 32.5 Å². The molecule has 0 aliphatic heterocycles. The summed E-state index contributed by atoms with van der Waals surface area (Å²) in [5.74, 6) is -1.12. The maximum absolute atomic E-state index is 13.5. The van der Waals surface area contributed by atoms with E-state index in [1.54, 1.807) is 33.1 Å². The van der Waals surface area contributed by atoms with Crippen molar-refractivity contribution >= 4 is 21.9 Å². The van der Waals surface area contributed by atoms with Crippen molar-refractivity contribution in [3.63, 3.8) is 0 Å². The molecule has 0 fully saturated rings. The summed E-state index contributed by atoms with van der Waals surface area (Å²) in [6, 6.07) is 5.35. The predicted octanol–water partition coefficient (Wildman–Crippen LogP) is 4.16. The molecule has 1 atom stereocenters. The Labute approximate surface area is 159 Å². The van der Waals surface area contributed by atoms with E-state index in [4.69, 9.17) is 4.74 Å². The van der Waals surface area contributed by atoms with Crippen LogP contribution in [-0.4, -0.2) is 43.7 Å². The summed E-state index contributed by atoms with van der Waals surface area (Å²) in [6.45, 7) is 3.63. The minimum absolute atomic E-state index is 0.413. The quantitative estimate of drug-likeness (QED) is 0.616. The summed E-state index contributed by atoms with van der Waals surface area (Å²) in [5, 5.41) is 10.3. The molecule has 0 saturated heterocycles. The number of alkyl halides is 3. The monoisotopic (exact) mass is 440 g/mol. The fourth-order valence-corrected chi connectivity index (χ4v) is 3.37. The summed E-state index contributed by atoms with van der Waals surface area (Å²) in [4.78, 5) is 11.5. The van der Waals surface area contributed by atoms with Crippen molar-refractivity contribution in [1.29, 1.82) is 0 Å². The largest absolute Gasteiger partial charge is 0.469 e. The van der Waals surface area contributed by atoms with Crippen LogP contribution < -0.4 is 0 Å². The van der Waals surface area contributed by atoms with E-state index < -0.39 is 36.0 Å². The number of halogens is 4. The maximum atomic E-state index is 13.5. The Hall–Kier alpha value is -1.12. The van der Waals surface area contributed by atoms with Crippen LogP contribution in [-0.2, 0) is 26.1 Å². The highest BCUT2D eigenvalue weighted by atomic mass is 79.9. The number of methoxy groups -OCH3 is 2. The first-order valence-electron chi connectivity index (χ1n) is 8.00.